The molecule has 3 heterocycles. The highest BCUT2D eigenvalue weighted by Gasteiger charge is 2.41. The average molecular weight is 465 g/mol. The van der Waals surface area contributed by atoms with E-state index in [1.165, 1.54) is 29.2 Å². The van der Waals surface area contributed by atoms with Crippen LogP contribution in [0.25, 0.3) is 11.3 Å². The molecule has 168 valence electrons. The molecule has 0 saturated carbocycles. The van der Waals surface area contributed by atoms with E-state index in [2.05, 4.69) is 4.98 Å². The van der Waals surface area contributed by atoms with Crippen molar-refractivity contribution in [3.05, 3.63) is 67.9 Å². The molecule has 0 radical (unpaired) electrons. The second-order valence-corrected chi connectivity index (χ2v) is 8.40. The van der Waals surface area contributed by atoms with Crippen molar-refractivity contribution in [2.45, 2.75) is 31.9 Å². The van der Waals surface area contributed by atoms with Gasteiger partial charge in [-0.15, -0.1) is 11.3 Å². The van der Waals surface area contributed by atoms with Gasteiger partial charge in [-0.05, 0) is 31.9 Å². The number of halogens is 3. The molecule has 0 atom stereocenters. The Morgan fingerprint density at radius 1 is 1.28 bits per heavy atom. The number of nitro benzene ring substituents is 1. The van der Waals surface area contributed by atoms with Crippen molar-refractivity contribution >= 4 is 22.9 Å². The molecule has 0 bridgehead atoms. The summed E-state index contributed by atoms with van der Waals surface area (Å²) in [6, 6.07) is 7.48. The minimum absolute atomic E-state index is 0.0220. The highest BCUT2D eigenvalue weighted by atomic mass is 32.1. The van der Waals surface area contributed by atoms with Gasteiger partial charge in [0.2, 0.25) is 5.76 Å². The van der Waals surface area contributed by atoms with Crippen LogP contribution in [-0.4, -0.2) is 33.8 Å². The summed E-state index contributed by atoms with van der Waals surface area (Å²) in [6.45, 7) is 1.94. The van der Waals surface area contributed by atoms with Crippen LogP contribution in [0.2, 0.25) is 0 Å². The molecule has 1 fully saturated rings. The molecule has 7 nitrogen and oxygen atoms in total. The Morgan fingerprint density at radius 2 is 1.97 bits per heavy atom. The van der Waals surface area contributed by atoms with Crippen LogP contribution in [0, 0.1) is 17.0 Å². The van der Waals surface area contributed by atoms with Gasteiger partial charge < -0.3 is 9.32 Å². The van der Waals surface area contributed by atoms with E-state index in [0.29, 0.717) is 24.1 Å². The molecule has 1 aliphatic rings. The first-order valence-corrected chi connectivity index (χ1v) is 10.7. The summed E-state index contributed by atoms with van der Waals surface area (Å²) in [4.78, 5) is 29.5. The average Bonchev–Trinajstić information content (AvgIpc) is 3.40. The monoisotopic (exact) mass is 465 g/mol. The van der Waals surface area contributed by atoms with E-state index in [4.69, 9.17) is 4.42 Å². The van der Waals surface area contributed by atoms with E-state index >= 15 is 0 Å². The van der Waals surface area contributed by atoms with Crippen molar-refractivity contribution in [3.63, 3.8) is 0 Å². The van der Waals surface area contributed by atoms with Gasteiger partial charge in [-0.2, -0.15) is 13.2 Å². The van der Waals surface area contributed by atoms with Gasteiger partial charge >= 0.3 is 6.18 Å². The number of nitro groups is 1. The summed E-state index contributed by atoms with van der Waals surface area (Å²) in [5.74, 6) is -1.92. The van der Waals surface area contributed by atoms with E-state index in [9.17, 15) is 28.1 Å². The summed E-state index contributed by atoms with van der Waals surface area (Å²) < 4.78 is 44.3. The van der Waals surface area contributed by atoms with Crippen molar-refractivity contribution in [2.24, 2.45) is 0 Å². The van der Waals surface area contributed by atoms with Crippen molar-refractivity contribution in [2.75, 3.05) is 13.1 Å². The van der Waals surface area contributed by atoms with Crippen molar-refractivity contribution < 1.29 is 27.3 Å². The predicted octanol–water partition coefficient (Wildman–Crippen LogP) is 5.66. The molecule has 3 aromatic rings. The molecule has 32 heavy (non-hydrogen) atoms. The summed E-state index contributed by atoms with van der Waals surface area (Å²) in [5, 5.41) is 13.8. The molecular weight excluding hydrogens is 447 g/mol. The third-order valence-electron chi connectivity index (χ3n) is 5.37. The lowest BCUT2D eigenvalue weighted by atomic mass is 9.97. The third-order valence-corrected chi connectivity index (χ3v) is 6.38. The van der Waals surface area contributed by atoms with E-state index in [-0.39, 0.29) is 30.5 Å². The fraction of sp³-hybridized carbons (Fsp3) is 0.333. The second kappa shape index (κ2) is 8.38. The topological polar surface area (TPSA) is 89.5 Å². The maximum absolute atomic E-state index is 13.2. The number of rotatable bonds is 4. The first kappa shape index (κ1) is 22.0. The standard InChI is InChI=1S/C21H18F3N3O4S/c1-12-10-15(18(31-12)21(22,23)24)20(28)26-8-6-13(7-9-26)19-25-16(11-32-19)14-4-2-3-5-17(14)27(29)30/h2-5,10-11,13H,6-9H2,1H3. The minimum atomic E-state index is -4.74. The first-order chi connectivity index (χ1) is 15.1. The number of likely N-dealkylation sites (tertiary alicyclic amines) is 1. The normalized spacial score (nSPS) is 15.2. The van der Waals surface area contributed by atoms with E-state index < -0.39 is 28.3 Å². The Balaban J connectivity index is 1.47. The number of aromatic nitrogens is 1. The quantitative estimate of drug-likeness (QED) is 0.366. The van der Waals surface area contributed by atoms with Crippen molar-refractivity contribution in [1.29, 1.82) is 0 Å². The van der Waals surface area contributed by atoms with Crippen LogP contribution >= 0.6 is 11.3 Å². The number of piperidine rings is 1. The molecule has 1 aliphatic heterocycles. The molecule has 1 aromatic carbocycles. The molecule has 1 amide bonds. The van der Waals surface area contributed by atoms with Crippen LogP contribution in [0.1, 0.15) is 45.6 Å². The number of benzene rings is 1. The largest absolute Gasteiger partial charge is 0.456 e. The van der Waals surface area contributed by atoms with Crippen LogP contribution in [-0.2, 0) is 6.18 Å². The Kier molecular flexibility index (Phi) is 5.76. The van der Waals surface area contributed by atoms with Crippen LogP contribution in [0.4, 0.5) is 18.9 Å². The molecule has 0 unspecified atom stereocenters. The van der Waals surface area contributed by atoms with Gasteiger partial charge in [0.25, 0.3) is 11.6 Å². The molecule has 0 spiro atoms. The van der Waals surface area contributed by atoms with E-state index in [1.807, 2.05) is 0 Å². The molecular formula is C21H18F3N3O4S. The predicted molar refractivity (Wildman–Crippen MR) is 111 cm³/mol. The maximum Gasteiger partial charge on any atom is 0.450 e. The Bertz CT molecular complexity index is 1160. The maximum atomic E-state index is 13.2. The van der Waals surface area contributed by atoms with Crippen LogP contribution in [0.15, 0.2) is 40.1 Å². The summed E-state index contributed by atoms with van der Waals surface area (Å²) >= 11 is 1.39. The highest BCUT2D eigenvalue weighted by molar-refractivity contribution is 7.10. The number of carbonyl (C=O) groups excluding carboxylic acids is 1. The van der Waals surface area contributed by atoms with Crippen LogP contribution in [0.5, 0.6) is 0 Å². The highest BCUT2D eigenvalue weighted by Crippen LogP contribution is 2.38. The number of hydrogen-bond donors (Lipinski definition) is 0. The van der Waals surface area contributed by atoms with Crippen LogP contribution in [0.3, 0.4) is 0 Å². The molecule has 0 aliphatic carbocycles. The lowest BCUT2D eigenvalue weighted by Crippen LogP contribution is -2.38. The number of thiazole rings is 1. The number of hydrogen-bond acceptors (Lipinski definition) is 6. The zero-order chi connectivity index (χ0) is 23.0. The molecule has 1 saturated heterocycles. The van der Waals surface area contributed by atoms with Crippen LogP contribution < -0.4 is 0 Å². The molecule has 4 rings (SSSR count). The number of amides is 1. The van der Waals surface area contributed by atoms with Gasteiger partial charge in [-0.1, -0.05) is 12.1 Å². The van der Waals surface area contributed by atoms with Crippen molar-refractivity contribution in [1.82, 2.24) is 9.88 Å². The summed E-state index contributed by atoms with van der Waals surface area (Å²) in [7, 11) is 0. The SMILES string of the molecule is Cc1cc(C(=O)N2CCC(c3nc(-c4ccccc4[N+](=O)[O-])cs3)CC2)c(C(F)(F)F)o1. The number of aryl methyl sites for hydroxylation is 1. The first-order valence-electron chi connectivity index (χ1n) is 9.81. The van der Waals surface area contributed by atoms with Gasteiger partial charge in [0.1, 0.15) is 5.76 Å². The molecule has 0 N–H and O–H groups in total. The van der Waals surface area contributed by atoms with Gasteiger partial charge in [-0.25, -0.2) is 4.98 Å². The second-order valence-electron chi connectivity index (χ2n) is 7.51. The molecule has 11 heteroatoms. The number of nitrogens with zero attached hydrogens (tertiary/aromatic N) is 3. The fourth-order valence-corrected chi connectivity index (χ4v) is 4.82. The number of para-hydroxylation sites is 1. The van der Waals surface area contributed by atoms with Gasteiger partial charge in [0.05, 0.1) is 26.8 Å². The van der Waals surface area contributed by atoms with E-state index in [0.717, 1.165) is 11.1 Å². The Hall–Kier alpha value is -3.21. The lowest BCUT2D eigenvalue weighted by molar-refractivity contribution is -0.384. The van der Waals surface area contributed by atoms with E-state index in [1.54, 1.807) is 23.6 Å². The third kappa shape index (κ3) is 4.24. The smallest absolute Gasteiger partial charge is 0.450 e. The fourth-order valence-electron chi connectivity index (χ4n) is 3.83. The Morgan fingerprint density at radius 3 is 2.62 bits per heavy atom. The van der Waals surface area contributed by atoms with Gasteiger partial charge in [0, 0.05) is 30.5 Å². The van der Waals surface area contributed by atoms with Gasteiger partial charge in [0.15, 0.2) is 0 Å². The summed E-state index contributed by atoms with van der Waals surface area (Å²) in [5.41, 5.74) is 0.448. The minimum Gasteiger partial charge on any atom is -0.456 e. The number of carbonyl (C=O) groups is 1. The number of furan rings is 1. The molecule has 2 aromatic heterocycles. The number of alkyl halides is 3. The van der Waals surface area contributed by atoms with Gasteiger partial charge in [-0.3, -0.25) is 14.9 Å². The lowest BCUT2D eigenvalue weighted by Gasteiger charge is -2.31. The summed E-state index contributed by atoms with van der Waals surface area (Å²) in [6.07, 6.45) is -3.67. The zero-order valence-electron chi connectivity index (χ0n) is 16.9. The van der Waals surface area contributed by atoms with Crippen molar-refractivity contribution in [3.8, 4) is 11.3 Å². The zero-order valence-corrected chi connectivity index (χ0v) is 17.7. The Labute approximate surface area is 184 Å².